The number of nitrogens with one attached hydrogen (secondary N) is 1. The fourth-order valence-electron chi connectivity index (χ4n) is 1.73. The van der Waals surface area contributed by atoms with E-state index < -0.39 is 11.5 Å². The Kier molecular flexibility index (Phi) is 4.95. The number of benzene rings is 1. The van der Waals surface area contributed by atoms with Gasteiger partial charge in [0.2, 0.25) is 5.91 Å². The average molecular weight is 284 g/mol. The molecule has 0 aliphatic rings. The quantitative estimate of drug-likeness (QED) is 0.863. The van der Waals surface area contributed by atoms with E-state index in [1.165, 1.54) is 7.11 Å². The van der Waals surface area contributed by atoms with Crippen molar-refractivity contribution in [1.82, 2.24) is 5.32 Å². The van der Waals surface area contributed by atoms with E-state index in [2.05, 4.69) is 10.1 Å². The van der Waals surface area contributed by atoms with Crippen LogP contribution in [0.25, 0.3) is 0 Å². The molecule has 0 radical (unpaired) electrons. The number of carbonyl (C=O) groups is 2. The molecule has 0 atom stereocenters. The Hall–Kier alpha value is -1.55. The van der Waals surface area contributed by atoms with Gasteiger partial charge in [0.1, 0.15) is 5.54 Å². The Morgan fingerprint density at radius 3 is 2.53 bits per heavy atom. The maximum atomic E-state index is 11.9. The highest BCUT2D eigenvalue weighted by Crippen LogP contribution is 2.16. The smallest absolute Gasteiger partial charge is 0.330 e. The summed E-state index contributed by atoms with van der Waals surface area (Å²) in [5, 5.41) is 3.29. The molecule has 0 saturated heterocycles. The molecule has 0 aromatic heterocycles. The number of carbonyl (C=O) groups excluding carboxylic acids is 2. The zero-order valence-corrected chi connectivity index (χ0v) is 12.3. The van der Waals surface area contributed by atoms with Gasteiger partial charge in [-0.25, -0.2) is 4.79 Å². The largest absolute Gasteiger partial charge is 0.467 e. The lowest BCUT2D eigenvalue weighted by Crippen LogP contribution is -2.50. The van der Waals surface area contributed by atoms with Crippen LogP contribution in [0.3, 0.4) is 0 Å². The predicted molar refractivity (Wildman–Crippen MR) is 74.1 cm³/mol. The Morgan fingerprint density at radius 2 is 2.00 bits per heavy atom. The molecule has 0 heterocycles. The molecule has 0 aliphatic carbocycles. The molecule has 0 fully saturated rings. The summed E-state index contributed by atoms with van der Waals surface area (Å²) in [5.41, 5.74) is 0.785. The molecule has 0 aliphatic heterocycles. The van der Waals surface area contributed by atoms with Crippen LogP contribution in [0.1, 0.15) is 25.0 Å². The van der Waals surface area contributed by atoms with Crippen LogP contribution < -0.4 is 5.32 Å². The minimum Gasteiger partial charge on any atom is -0.467 e. The van der Waals surface area contributed by atoms with Gasteiger partial charge in [0, 0.05) is 5.02 Å². The number of methoxy groups -OCH3 is 1. The molecule has 0 spiro atoms. The van der Waals surface area contributed by atoms with E-state index in [-0.39, 0.29) is 12.3 Å². The Morgan fingerprint density at radius 1 is 1.37 bits per heavy atom. The third kappa shape index (κ3) is 4.24. The number of ether oxygens (including phenoxy) is 1. The van der Waals surface area contributed by atoms with E-state index >= 15 is 0 Å². The lowest BCUT2D eigenvalue weighted by molar-refractivity contribution is -0.149. The maximum absolute atomic E-state index is 11.9. The van der Waals surface area contributed by atoms with Crippen LogP contribution in [0.2, 0.25) is 5.02 Å². The van der Waals surface area contributed by atoms with Crippen molar-refractivity contribution in [3.8, 4) is 0 Å². The van der Waals surface area contributed by atoms with Gasteiger partial charge in [-0.2, -0.15) is 0 Å². The van der Waals surface area contributed by atoms with Gasteiger partial charge < -0.3 is 10.1 Å². The molecule has 0 saturated carbocycles. The van der Waals surface area contributed by atoms with E-state index in [0.29, 0.717) is 5.02 Å². The van der Waals surface area contributed by atoms with Gasteiger partial charge in [-0.05, 0) is 44.0 Å². The summed E-state index contributed by atoms with van der Waals surface area (Å²) >= 11 is 5.86. The van der Waals surface area contributed by atoms with Crippen LogP contribution in [-0.4, -0.2) is 24.5 Å². The van der Waals surface area contributed by atoms with Gasteiger partial charge in [-0.3, -0.25) is 4.79 Å². The summed E-state index contributed by atoms with van der Waals surface area (Å²) in [4.78, 5) is 23.4. The first kappa shape index (κ1) is 15.5. The number of amides is 1. The molecular formula is C14H18ClNO3. The first-order valence-electron chi connectivity index (χ1n) is 5.90. The highest BCUT2D eigenvalue weighted by atomic mass is 35.5. The minimum absolute atomic E-state index is 0.198. The highest BCUT2D eigenvalue weighted by Gasteiger charge is 2.30. The van der Waals surface area contributed by atoms with Crippen molar-refractivity contribution in [3.63, 3.8) is 0 Å². The summed E-state index contributed by atoms with van der Waals surface area (Å²) in [5.74, 6) is -0.713. The molecule has 5 heteroatoms. The normalized spacial score (nSPS) is 11.0. The second-order valence-corrected chi connectivity index (χ2v) is 5.35. The Labute approximate surface area is 118 Å². The summed E-state index contributed by atoms with van der Waals surface area (Å²) < 4.78 is 4.63. The van der Waals surface area contributed by atoms with E-state index in [4.69, 9.17) is 11.6 Å². The van der Waals surface area contributed by atoms with Crippen molar-refractivity contribution in [2.24, 2.45) is 0 Å². The zero-order valence-electron chi connectivity index (χ0n) is 11.5. The maximum Gasteiger partial charge on any atom is 0.330 e. The molecule has 4 nitrogen and oxygen atoms in total. The van der Waals surface area contributed by atoms with Crippen molar-refractivity contribution < 1.29 is 14.3 Å². The van der Waals surface area contributed by atoms with Crippen molar-refractivity contribution in [2.75, 3.05) is 7.11 Å². The van der Waals surface area contributed by atoms with E-state index in [1.54, 1.807) is 26.0 Å². The van der Waals surface area contributed by atoms with Crippen molar-refractivity contribution in [1.29, 1.82) is 0 Å². The molecule has 19 heavy (non-hydrogen) atoms. The van der Waals surface area contributed by atoms with Crippen LogP contribution in [0.15, 0.2) is 18.2 Å². The summed E-state index contributed by atoms with van der Waals surface area (Å²) in [7, 11) is 1.29. The number of hydrogen-bond donors (Lipinski definition) is 1. The molecule has 0 bridgehead atoms. The van der Waals surface area contributed by atoms with Gasteiger partial charge in [0.05, 0.1) is 13.5 Å². The average Bonchev–Trinajstić information content (AvgIpc) is 2.31. The third-order valence-electron chi connectivity index (χ3n) is 2.80. The lowest BCUT2D eigenvalue weighted by Gasteiger charge is -2.23. The van der Waals surface area contributed by atoms with Gasteiger partial charge >= 0.3 is 5.97 Å². The number of rotatable bonds is 4. The van der Waals surface area contributed by atoms with Crippen LogP contribution in [0.5, 0.6) is 0 Å². The predicted octanol–water partition coefficient (Wildman–Crippen LogP) is 2.26. The molecule has 104 valence electrons. The number of halogens is 1. The molecular weight excluding hydrogens is 266 g/mol. The fourth-order valence-corrected chi connectivity index (χ4v) is 1.96. The van der Waals surface area contributed by atoms with Crippen LogP contribution in [0, 0.1) is 6.92 Å². The van der Waals surface area contributed by atoms with Crippen LogP contribution in [-0.2, 0) is 20.7 Å². The standard InChI is InChI=1S/C14H18ClNO3/c1-9-7-11(15)6-5-10(9)8-12(17)16-14(2,3)13(18)19-4/h5-7H,8H2,1-4H3,(H,16,17). The van der Waals surface area contributed by atoms with Crippen molar-refractivity contribution >= 4 is 23.5 Å². The van der Waals surface area contributed by atoms with Gasteiger partial charge in [0.15, 0.2) is 0 Å². The fraction of sp³-hybridized carbons (Fsp3) is 0.429. The zero-order chi connectivity index (χ0) is 14.6. The van der Waals surface area contributed by atoms with Crippen molar-refractivity contribution in [3.05, 3.63) is 34.3 Å². The van der Waals surface area contributed by atoms with Crippen LogP contribution >= 0.6 is 11.6 Å². The summed E-state index contributed by atoms with van der Waals surface area (Å²) in [6, 6.07) is 5.35. The van der Waals surface area contributed by atoms with E-state index in [0.717, 1.165) is 11.1 Å². The number of aryl methyl sites for hydroxylation is 1. The summed E-state index contributed by atoms with van der Waals surface area (Å²) in [6.45, 7) is 5.09. The monoisotopic (exact) mass is 283 g/mol. The second kappa shape index (κ2) is 6.06. The van der Waals surface area contributed by atoms with E-state index in [9.17, 15) is 9.59 Å². The van der Waals surface area contributed by atoms with E-state index in [1.807, 2.05) is 13.0 Å². The Bertz CT molecular complexity index is 497. The second-order valence-electron chi connectivity index (χ2n) is 4.91. The Balaban J connectivity index is 2.73. The molecule has 1 N–H and O–H groups in total. The molecule has 1 amide bonds. The molecule has 1 aromatic carbocycles. The van der Waals surface area contributed by atoms with Crippen LogP contribution in [0.4, 0.5) is 0 Å². The van der Waals surface area contributed by atoms with Crippen molar-refractivity contribution in [2.45, 2.75) is 32.7 Å². The summed E-state index contributed by atoms with van der Waals surface area (Å²) in [6.07, 6.45) is 0.198. The lowest BCUT2D eigenvalue weighted by atomic mass is 10.0. The minimum atomic E-state index is -1.04. The number of hydrogen-bond acceptors (Lipinski definition) is 3. The molecule has 1 rings (SSSR count). The van der Waals surface area contributed by atoms with Gasteiger partial charge in [-0.15, -0.1) is 0 Å². The topological polar surface area (TPSA) is 55.4 Å². The molecule has 0 unspecified atom stereocenters. The first-order valence-corrected chi connectivity index (χ1v) is 6.28. The molecule has 1 aromatic rings. The first-order chi connectivity index (χ1) is 8.76. The van der Waals surface area contributed by atoms with Gasteiger partial charge in [0.25, 0.3) is 0 Å². The SMILES string of the molecule is COC(=O)C(C)(C)NC(=O)Cc1ccc(Cl)cc1C. The number of esters is 1. The van der Waals surface area contributed by atoms with Gasteiger partial charge in [-0.1, -0.05) is 17.7 Å². The highest BCUT2D eigenvalue weighted by molar-refractivity contribution is 6.30. The third-order valence-corrected chi connectivity index (χ3v) is 3.04.